The third-order valence-corrected chi connectivity index (χ3v) is 5.08. The van der Waals surface area contributed by atoms with Crippen LogP contribution in [0.4, 0.5) is 0 Å². The van der Waals surface area contributed by atoms with Crippen LogP contribution in [0.25, 0.3) is 0 Å². The first kappa shape index (κ1) is 24.8. The fourth-order valence-corrected chi connectivity index (χ4v) is 3.22. The summed E-state index contributed by atoms with van der Waals surface area (Å²) in [7, 11) is -0.584. The molecule has 1 heterocycles. The van der Waals surface area contributed by atoms with Crippen LogP contribution < -0.4 is 34.3 Å². The number of benzene rings is 1. The van der Waals surface area contributed by atoms with Gasteiger partial charge in [-0.15, -0.1) is 9.79 Å². The average molecular weight is 430 g/mol. The van der Waals surface area contributed by atoms with Crippen LogP contribution in [0.1, 0.15) is 25.7 Å². The molecule has 1 aliphatic heterocycles. The molecule has 2 unspecified atom stereocenters. The van der Waals surface area contributed by atoms with E-state index in [1.54, 1.807) is 6.07 Å². The maximum Gasteiger partial charge on any atom is 1.00 e. The Balaban J connectivity index is 0. The van der Waals surface area contributed by atoms with Crippen LogP contribution >= 0.6 is 37.5 Å². The number of fused-ring (bicyclic) bond motifs is 1. The van der Waals surface area contributed by atoms with Crippen molar-refractivity contribution in [3.63, 3.8) is 0 Å². The number of rotatable bonds is 4. The topological polar surface area (TPSA) is 145 Å². The molecular formula is C11H17ClNaO8P2S+. The molecule has 0 radical (unpaired) electrons. The van der Waals surface area contributed by atoms with E-state index in [9.17, 15) is 9.67 Å². The van der Waals surface area contributed by atoms with E-state index in [1.807, 2.05) is 12.1 Å². The van der Waals surface area contributed by atoms with E-state index >= 15 is 0 Å². The molecule has 2 rings (SSSR count). The standard InChI is InChI=1S/C11H14ClO5PS.Na.HO3P.H/c12-19-8-1-2-9-7(3-4-17-10(9)6-8)5-11(13)18(14,15)16;;1-4(2)3;/h1-2,6-7,11,13H,3-5H2,(H2,14,15,16);;(H-,1,2,3);/q;+1;;-1/p+1. The summed E-state index contributed by atoms with van der Waals surface area (Å²) >= 11 is 0. The molecule has 1 aromatic rings. The summed E-state index contributed by atoms with van der Waals surface area (Å²) in [6.07, 6.45) is 0.644. The first-order chi connectivity index (χ1) is 10.6. The molecule has 2 atom stereocenters. The predicted octanol–water partition coefficient (Wildman–Crippen LogP) is -0.570. The summed E-state index contributed by atoms with van der Waals surface area (Å²) in [5.41, 5.74) is 0.855. The molecule has 0 bridgehead atoms. The van der Waals surface area contributed by atoms with Gasteiger partial charge in [0.15, 0.2) is 5.85 Å². The van der Waals surface area contributed by atoms with Crippen molar-refractivity contribution in [1.29, 1.82) is 0 Å². The molecule has 0 amide bonds. The number of aliphatic hydroxyl groups is 1. The van der Waals surface area contributed by atoms with Gasteiger partial charge in [-0.3, -0.25) is 4.57 Å². The molecule has 0 fully saturated rings. The van der Waals surface area contributed by atoms with Gasteiger partial charge in [-0.1, -0.05) is 6.07 Å². The molecule has 0 saturated heterocycles. The molecule has 24 heavy (non-hydrogen) atoms. The van der Waals surface area contributed by atoms with Crippen molar-refractivity contribution in [1.82, 2.24) is 0 Å². The maximum absolute atomic E-state index is 11.0. The van der Waals surface area contributed by atoms with Crippen LogP contribution in [0.5, 0.6) is 5.75 Å². The molecule has 1 aromatic carbocycles. The Morgan fingerprint density at radius 1 is 1.46 bits per heavy atom. The smallest absolute Gasteiger partial charge is 1.00 e. The molecular weight excluding hydrogens is 413 g/mol. The monoisotopic (exact) mass is 429 g/mol. The van der Waals surface area contributed by atoms with Crippen molar-refractivity contribution in [3.8, 4) is 5.75 Å². The van der Waals surface area contributed by atoms with E-state index in [0.29, 0.717) is 18.8 Å². The second-order valence-electron chi connectivity index (χ2n) is 4.67. The minimum Gasteiger partial charge on any atom is -1.00 e. The Morgan fingerprint density at radius 3 is 2.54 bits per heavy atom. The normalized spacial score (nSPS) is 17.3. The number of halogens is 1. The van der Waals surface area contributed by atoms with Crippen molar-refractivity contribution in [2.75, 3.05) is 6.61 Å². The second kappa shape index (κ2) is 11.5. The van der Waals surface area contributed by atoms with Gasteiger partial charge in [0.2, 0.25) is 0 Å². The van der Waals surface area contributed by atoms with E-state index in [-0.39, 0.29) is 43.3 Å². The number of ether oxygens (including phenoxy) is 1. The summed E-state index contributed by atoms with van der Waals surface area (Å²) in [4.78, 5) is 33.0. The maximum atomic E-state index is 11.0. The van der Waals surface area contributed by atoms with Gasteiger partial charge in [-0.25, -0.2) is 0 Å². The van der Waals surface area contributed by atoms with Crippen molar-refractivity contribution in [3.05, 3.63) is 23.8 Å². The van der Waals surface area contributed by atoms with Crippen molar-refractivity contribution in [2.45, 2.75) is 29.5 Å². The Hall–Kier alpha value is 0.790. The van der Waals surface area contributed by atoms with E-state index in [0.717, 1.165) is 21.4 Å². The molecule has 0 saturated carbocycles. The predicted molar refractivity (Wildman–Crippen MR) is 86.8 cm³/mol. The summed E-state index contributed by atoms with van der Waals surface area (Å²) in [5.74, 6) is -1.09. The third kappa shape index (κ3) is 8.45. The molecule has 0 aromatic heterocycles. The average Bonchev–Trinajstić information content (AvgIpc) is 2.45. The van der Waals surface area contributed by atoms with Crippen LogP contribution in [0.3, 0.4) is 0 Å². The first-order valence-corrected chi connectivity index (χ1v) is 10.8. The van der Waals surface area contributed by atoms with Gasteiger partial charge in [0.05, 0.1) is 6.61 Å². The summed E-state index contributed by atoms with van der Waals surface area (Å²) in [5, 5.41) is 9.54. The molecule has 0 aliphatic carbocycles. The Morgan fingerprint density at radius 2 is 2.04 bits per heavy atom. The summed E-state index contributed by atoms with van der Waals surface area (Å²) < 4.78 is 25.2. The number of hydrogen-bond acceptors (Lipinski definition) is 5. The van der Waals surface area contributed by atoms with Crippen molar-refractivity contribution < 1.29 is 69.5 Å². The summed E-state index contributed by atoms with van der Waals surface area (Å²) in [6.45, 7) is 0.460. The minimum atomic E-state index is -4.46. The van der Waals surface area contributed by atoms with Crippen molar-refractivity contribution in [2.24, 2.45) is 0 Å². The number of aliphatic hydroxyl groups excluding tert-OH is 1. The fourth-order valence-electron chi connectivity index (χ4n) is 2.13. The van der Waals surface area contributed by atoms with Gasteiger partial charge in [0.1, 0.15) is 5.75 Å². The van der Waals surface area contributed by atoms with Gasteiger partial charge in [-0.05, 0) is 58.1 Å². The van der Waals surface area contributed by atoms with E-state index in [1.165, 1.54) is 0 Å². The van der Waals surface area contributed by atoms with Crippen LogP contribution in [-0.4, -0.2) is 37.1 Å². The zero-order valence-corrected chi connectivity index (χ0v) is 18.0. The second-order valence-corrected chi connectivity index (χ2v) is 8.04. The number of hydrogen-bond donors (Lipinski definition) is 5. The minimum absolute atomic E-state index is 0. The van der Waals surface area contributed by atoms with Gasteiger partial charge in [-0.2, -0.15) is 0 Å². The van der Waals surface area contributed by atoms with E-state index in [4.69, 9.17) is 39.6 Å². The first-order valence-electron chi connectivity index (χ1n) is 6.28. The third-order valence-electron chi connectivity index (χ3n) is 3.12. The van der Waals surface area contributed by atoms with Crippen molar-refractivity contribution >= 4 is 37.5 Å². The molecule has 1 aliphatic rings. The SMILES string of the molecule is O=P(O)(O)C(O)CC1CCOc2cc(SCl)ccc21.O=[P+](O)O.[H-].[Na+]. The zero-order valence-electron chi connectivity index (χ0n) is 13.6. The largest absolute Gasteiger partial charge is 1.00 e. The van der Waals surface area contributed by atoms with Gasteiger partial charge < -0.3 is 21.1 Å². The molecule has 13 heteroatoms. The van der Waals surface area contributed by atoms with E-state index < -0.39 is 21.7 Å². The van der Waals surface area contributed by atoms with Gasteiger partial charge in [0.25, 0.3) is 0 Å². The van der Waals surface area contributed by atoms with E-state index in [2.05, 4.69) is 0 Å². The molecule has 132 valence electrons. The molecule has 8 nitrogen and oxygen atoms in total. The summed E-state index contributed by atoms with van der Waals surface area (Å²) in [6, 6.07) is 5.45. The van der Waals surface area contributed by atoms with Crippen LogP contribution in [0.15, 0.2) is 23.1 Å². The Kier molecular flexibility index (Phi) is 11.9. The van der Waals surface area contributed by atoms with Crippen LogP contribution in [0.2, 0.25) is 0 Å². The van der Waals surface area contributed by atoms with Crippen LogP contribution in [-0.2, 0) is 9.13 Å². The molecule has 0 spiro atoms. The Labute approximate surface area is 172 Å². The molecule has 5 N–H and O–H groups in total. The quantitative estimate of drug-likeness (QED) is 0.314. The van der Waals surface area contributed by atoms with Crippen LogP contribution in [0, 0.1) is 0 Å². The van der Waals surface area contributed by atoms with Gasteiger partial charge >= 0.3 is 45.4 Å². The zero-order chi connectivity index (χ0) is 17.6. The Bertz CT molecular complexity index is 603. The van der Waals surface area contributed by atoms with Gasteiger partial charge in [0, 0.05) is 9.46 Å². The fraction of sp³-hybridized carbons (Fsp3) is 0.455.